The number of ketones is 1. The first-order valence-corrected chi connectivity index (χ1v) is 6.18. The van der Waals surface area contributed by atoms with E-state index in [-0.39, 0.29) is 23.7 Å². The van der Waals surface area contributed by atoms with Gasteiger partial charge in [-0.25, -0.2) is 0 Å². The Kier molecular flexibility index (Phi) is 4.78. The molecule has 0 aliphatic carbocycles. The lowest BCUT2D eigenvalue weighted by Gasteiger charge is -2.18. The van der Waals surface area contributed by atoms with Gasteiger partial charge in [-0.3, -0.25) is 4.79 Å². The summed E-state index contributed by atoms with van der Waals surface area (Å²) in [6.07, 6.45) is -4.51. The average Bonchev–Trinajstić information content (AvgIpc) is 2.27. The molecule has 0 radical (unpaired) electrons. The van der Waals surface area contributed by atoms with Crippen LogP contribution in [0.1, 0.15) is 29.8 Å². The summed E-state index contributed by atoms with van der Waals surface area (Å²) in [7, 11) is 0. The van der Waals surface area contributed by atoms with Crippen LogP contribution >= 0.6 is 15.9 Å². The van der Waals surface area contributed by atoms with Crippen molar-refractivity contribution < 1.29 is 22.7 Å². The van der Waals surface area contributed by atoms with Crippen molar-refractivity contribution in [2.45, 2.75) is 24.9 Å². The van der Waals surface area contributed by atoms with Crippen LogP contribution in [-0.2, 0) is 11.0 Å². The number of alkyl halides is 4. The minimum absolute atomic E-state index is 0.0950. The molecular formula is C12H12BrF3O2. The Labute approximate surface area is 111 Å². The summed E-state index contributed by atoms with van der Waals surface area (Å²) in [6.45, 7) is 2.99. The molecule has 1 atom stereocenters. The van der Waals surface area contributed by atoms with Crippen molar-refractivity contribution in [1.82, 2.24) is 0 Å². The number of benzene rings is 1. The predicted molar refractivity (Wildman–Crippen MR) is 65.0 cm³/mol. The number of carbonyl (C=O) groups is 1. The highest BCUT2D eigenvalue weighted by Crippen LogP contribution is 2.42. The lowest BCUT2D eigenvalue weighted by molar-refractivity contribution is -0.139. The smallest absolute Gasteiger partial charge is 0.419 e. The van der Waals surface area contributed by atoms with Crippen molar-refractivity contribution in [2.24, 2.45) is 0 Å². The summed E-state index contributed by atoms with van der Waals surface area (Å²) in [5.41, 5.74) is -0.674. The molecule has 0 saturated carbocycles. The molecule has 0 amide bonds. The van der Waals surface area contributed by atoms with Crippen molar-refractivity contribution in [3.63, 3.8) is 0 Å². The highest BCUT2D eigenvalue weighted by molar-refractivity contribution is 9.09. The van der Waals surface area contributed by atoms with Gasteiger partial charge in [-0.05, 0) is 19.9 Å². The van der Waals surface area contributed by atoms with Crippen LogP contribution in [0.2, 0.25) is 0 Å². The minimum Gasteiger partial charge on any atom is -0.493 e. The molecule has 6 heteroatoms. The molecule has 1 aromatic rings. The monoisotopic (exact) mass is 324 g/mol. The third kappa shape index (κ3) is 3.25. The fraction of sp³-hybridized carbons (Fsp3) is 0.417. The van der Waals surface area contributed by atoms with Gasteiger partial charge in [-0.15, -0.1) is 0 Å². The number of hydrogen-bond donors (Lipinski definition) is 0. The average molecular weight is 325 g/mol. The van der Waals surface area contributed by atoms with Gasteiger partial charge >= 0.3 is 6.18 Å². The third-order valence-electron chi connectivity index (χ3n) is 2.27. The van der Waals surface area contributed by atoms with E-state index in [0.29, 0.717) is 0 Å². The van der Waals surface area contributed by atoms with Crippen LogP contribution in [0.15, 0.2) is 18.2 Å². The Hall–Kier alpha value is -1.04. The summed E-state index contributed by atoms with van der Waals surface area (Å²) in [4.78, 5) is 10.5. The van der Waals surface area contributed by atoms with Crippen LogP contribution < -0.4 is 4.74 Å². The van der Waals surface area contributed by atoms with Gasteiger partial charge in [0.05, 0.1) is 12.2 Å². The fourth-order valence-electron chi connectivity index (χ4n) is 1.50. The summed E-state index contributed by atoms with van der Waals surface area (Å²) in [5.74, 6) is -0.570. The SMILES string of the molecule is CCOc1c(C(Br)C(C)=O)cccc1C(F)(F)F. The topological polar surface area (TPSA) is 26.3 Å². The first-order valence-electron chi connectivity index (χ1n) is 5.26. The second kappa shape index (κ2) is 5.73. The molecule has 0 aliphatic rings. The van der Waals surface area contributed by atoms with Gasteiger partial charge in [0, 0.05) is 5.56 Å². The number of Topliss-reactive ketones (excluding diaryl/α,β-unsaturated/α-hetero) is 1. The maximum Gasteiger partial charge on any atom is 0.419 e. The Morgan fingerprint density at radius 2 is 2.06 bits per heavy atom. The van der Waals surface area contributed by atoms with Crippen LogP contribution in [-0.4, -0.2) is 12.4 Å². The first kappa shape index (κ1) is 15.0. The summed E-state index contributed by atoms with van der Waals surface area (Å²) < 4.78 is 43.6. The second-order valence-corrected chi connectivity index (χ2v) is 4.54. The molecule has 0 aromatic heterocycles. The summed E-state index contributed by atoms with van der Waals surface area (Å²) in [6, 6.07) is 3.65. The first-order chi connectivity index (χ1) is 8.29. The maximum absolute atomic E-state index is 12.8. The molecule has 0 spiro atoms. The highest BCUT2D eigenvalue weighted by Gasteiger charge is 2.36. The molecule has 1 rings (SSSR count). The summed E-state index contributed by atoms with van der Waals surface area (Å²) >= 11 is 3.08. The molecular weight excluding hydrogens is 313 g/mol. The lowest BCUT2D eigenvalue weighted by atomic mass is 10.0. The molecule has 0 bridgehead atoms. The van der Waals surface area contributed by atoms with Crippen molar-refractivity contribution in [3.8, 4) is 5.75 Å². The van der Waals surface area contributed by atoms with Crippen molar-refractivity contribution in [1.29, 1.82) is 0 Å². The normalized spacial score (nSPS) is 13.2. The standard InChI is InChI=1S/C12H12BrF3O2/c1-3-18-11-8(10(13)7(2)17)5-4-6-9(11)12(14,15)16/h4-6,10H,3H2,1-2H3. The number of ether oxygens (including phenoxy) is 1. The highest BCUT2D eigenvalue weighted by atomic mass is 79.9. The number of para-hydroxylation sites is 1. The van der Waals surface area contributed by atoms with Crippen molar-refractivity contribution >= 4 is 21.7 Å². The van der Waals surface area contributed by atoms with Crippen LogP contribution in [0.4, 0.5) is 13.2 Å². The van der Waals surface area contributed by atoms with E-state index in [1.807, 2.05) is 0 Å². The van der Waals surface area contributed by atoms with Gasteiger partial charge in [0.2, 0.25) is 0 Å². The van der Waals surface area contributed by atoms with E-state index < -0.39 is 16.6 Å². The Balaban J connectivity index is 3.39. The van der Waals surface area contributed by atoms with E-state index in [9.17, 15) is 18.0 Å². The molecule has 0 fully saturated rings. The van der Waals surface area contributed by atoms with E-state index in [4.69, 9.17) is 4.74 Å². The van der Waals surface area contributed by atoms with Crippen LogP contribution in [0.25, 0.3) is 0 Å². The molecule has 0 aliphatic heterocycles. The maximum atomic E-state index is 12.8. The van der Waals surface area contributed by atoms with Gasteiger partial charge in [0.1, 0.15) is 16.4 Å². The molecule has 2 nitrogen and oxygen atoms in total. The number of carbonyl (C=O) groups excluding carboxylic acids is 1. The Bertz CT molecular complexity index is 443. The molecule has 0 N–H and O–H groups in total. The van der Waals surface area contributed by atoms with E-state index in [1.165, 1.54) is 19.1 Å². The van der Waals surface area contributed by atoms with Crippen LogP contribution in [0, 0.1) is 0 Å². The lowest BCUT2D eigenvalue weighted by Crippen LogP contribution is -2.12. The fourth-order valence-corrected chi connectivity index (χ4v) is 1.86. The Morgan fingerprint density at radius 1 is 1.44 bits per heavy atom. The molecule has 18 heavy (non-hydrogen) atoms. The minimum atomic E-state index is -4.51. The number of halogens is 4. The number of hydrogen-bond acceptors (Lipinski definition) is 2. The van der Waals surface area contributed by atoms with E-state index in [1.54, 1.807) is 6.92 Å². The zero-order chi connectivity index (χ0) is 13.9. The second-order valence-electron chi connectivity index (χ2n) is 3.63. The molecule has 1 aromatic carbocycles. The van der Waals surface area contributed by atoms with Crippen LogP contribution in [0.3, 0.4) is 0 Å². The van der Waals surface area contributed by atoms with Gasteiger partial charge < -0.3 is 4.74 Å². The zero-order valence-electron chi connectivity index (χ0n) is 9.84. The number of rotatable bonds is 4. The largest absolute Gasteiger partial charge is 0.493 e. The quantitative estimate of drug-likeness (QED) is 0.778. The van der Waals surface area contributed by atoms with E-state index >= 15 is 0 Å². The molecule has 0 saturated heterocycles. The van der Waals surface area contributed by atoms with Gasteiger partial charge in [0.15, 0.2) is 0 Å². The summed E-state index contributed by atoms with van der Waals surface area (Å²) in [5, 5.41) is 0. The Morgan fingerprint density at radius 3 is 2.50 bits per heavy atom. The molecule has 1 unspecified atom stereocenters. The zero-order valence-corrected chi connectivity index (χ0v) is 11.4. The van der Waals surface area contributed by atoms with E-state index in [2.05, 4.69) is 15.9 Å². The van der Waals surface area contributed by atoms with Gasteiger partial charge in [-0.1, -0.05) is 28.1 Å². The van der Waals surface area contributed by atoms with Crippen molar-refractivity contribution in [2.75, 3.05) is 6.61 Å². The van der Waals surface area contributed by atoms with Crippen molar-refractivity contribution in [3.05, 3.63) is 29.3 Å². The van der Waals surface area contributed by atoms with Gasteiger partial charge in [-0.2, -0.15) is 13.2 Å². The molecule has 0 heterocycles. The predicted octanol–water partition coefficient (Wildman–Crippen LogP) is 4.13. The van der Waals surface area contributed by atoms with Gasteiger partial charge in [0.25, 0.3) is 0 Å². The van der Waals surface area contributed by atoms with Crippen LogP contribution in [0.5, 0.6) is 5.75 Å². The third-order valence-corrected chi connectivity index (χ3v) is 3.41. The van der Waals surface area contributed by atoms with E-state index in [0.717, 1.165) is 6.07 Å². The molecule has 100 valence electrons.